The fourth-order valence-electron chi connectivity index (χ4n) is 1.81. The van der Waals surface area contributed by atoms with Crippen molar-refractivity contribution in [3.05, 3.63) is 28.2 Å². The minimum absolute atomic E-state index is 0.102. The van der Waals surface area contributed by atoms with Crippen LogP contribution < -0.4 is 4.74 Å². The van der Waals surface area contributed by atoms with E-state index in [1.54, 1.807) is 0 Å². The molecule has 2 N–H and O–H groups in total. The van der Waals surface area contributed by atoms with E-state index in [1.165, 1.54) is 23.1 Å². The summed E-state index contributed by atoms with van der Waals surface area (Å²) in [5.74, 6) is 0.810. The number of aliphatic hydroxyl groups excluding tert-OH is 1. The van der Waals surface area contributed by atoms with Crippen molar-refractivity contribution >= 4 is 45.7 Å². The van der Waals surface area contributed by atoms with E-state index in [-0.39, 0.29) is 6.61 Å². The van der Waals surface area contributed by atoms with Gasteiger partial charge in [-0.1, -0.05) is 11.6 Å². The number of hydrogen-bond acceptors (Lipinski definition) is 6. The Bertz CT molecular complexity index is 772. The lowest BCUT2D eigenvalue weighted by molar-refractivity contribution is 0.285. The van der Waals surface area contributed by atoms with Crippen LogP contribution in [0.5, 0.6) is 5.75 Å². The summed E-state index contributed by atoms with van der Waals surface area (Å²) in [5.41, 5.74) is 1.78. The second-order valence-corrected chi connectivity index (χ2v) is 6.79. The summed E-state index contributed by atoms with van der Waals surface area (Å²) in [7, 11) is 0. The largest absolute Gasteiger partial charge is 0.494 e. The van der Waals surface area contributed by atoms with Crippen LogP contribution in [-0.4, -0.2) is 26.7 Å². The van der Waals surface area contributed by atoms with Crippen molar-refractivity contribution in [1.82, 2.24) is 15.0 Å². The molecule has 0 saturated heterocycles. The van der Waals surface area contributed by atoms with Crippen LogP contribution in [0.25, 0.3) is 11.0 Å². The number of benzene rings is 1. The van der Waals surface area contributed by atoms with Gasteiger partial charge in [-0.2, -0.15) is 0 Å². The number of nitrogens with one attached hydrogen (secondary N) is 1. The van der Waals surface area contributed by atoms with Crippen molar-refractivity contribution in [3.63, 3.8) is 0 Å². The number of H-pyrrole nitrogens is 1. The van der Waals surface area contributed by atoms with Gasteiger partial charge >= 0.3 is 0 Å². The highest BCUT2D eigenvalue weighted by Crippen LogP contribution is 2.34. The number of aliphatic hydroxyl groups is 1. The summed E-state index contributed by atoms with van der Waals surface area (Å²) in [5, 5.41) is 10.2. The first-order valence-electron chi connectivity index (χ1n) is 6.26. The van der Waals surface area contributed by atoms with Gasteiger partial charge in [-0.15, -0.1) is 11.3 Å². The molecule has 8 heteroatoms. The van der Waals surface area contributed by atoms with Crippen LogP contribution in [0.1, 0.15) is 11.8 Å². The minimum atomic E-state index is -0.102. The molecule has 0 aliphatic carbocycles. The van der Waals surface area contributed by atoms with Crippen LogP contribution in [0.3, 0.4) is 0 Å². The molecule has 0 amide bonds. The van der Waals surface area contributed by atoms with E-state index < -0.39 is 0 Å². The fourth-order valence-corrected chi connectivity index (χ4v) is 4.02. The van der Waals surface area contributed by atoms with E-state index in [4.69, 9.17) is 21.4 Å². The van der Waals surface area contributed by atoms with Crippen LogP contribution in [0.4, 0.5) is 0 Å². The number of rotatable bonds is 5. The molecule has 0 saturated carbocycles. The van der Waals surface area contributed by atoms with Gasteiger partial charge in [0.25, 0.3) is 0 Å². The van der Waals surface area contributed by atoms with Crippen LogP contribution in [0.2, 0.25) is 5.15 Å². The van der Waals surface area contributed by atoms with Gasteiger partial charge < -0.3 is 14.8 Å². The quantitative estimate of drug-likeness (QED) is 0.740. The summed E-state index contributed by atoms with van der Waals surface area (Å²) in [6.07, 6.45) is 0. The van der Waals surface area contributed by atoms with E-state index in [2.05, 4.69) is 15.0 Å². The lowest BCUT2D eigenvalue weighted by Crippen LogP contribution is -1.90. The van der Waals surface area contributed by atoms with E-state index in [0.717, 1.165) is 26.3 Å². The van der Waals surface area contributed by atoms with Crippen molar-refractivity contribution in [3.8, 4) is 5.75 Å². The molecule has 1 aromatic carbocycles. The third-order valence-electron chi connectivity index (χ3n) is 2.70. The van der Waals surface area contributed by atoms with Crippen molar-refractivity contribution < 1.29 is 9.84 Å². The van der Waals surface area contributed by atoms with Crippen LogP contribution in [-0.2, 0) is 6.61 Å². The normalized spacial score (nSPS) is 11.2. The summed E-state index contributed by atoms with van der Waals surface area (Å²) < 4.78 is 6.21. The Balaban J connectivity index is 1.86. The van der Waals surface area contributed by atoms with Gasteiger partial charge in [-0.3, -0.25) is 0 Å². The molecule has 0 unspecified atom stereocenters. The lowest BCUT2D eigenvalue weighted by Gasteiger charge is -2.00. The third-order valence-corrected chi connectivity index (χ3v) is 5.11. The molecule has 2 heterocycles. The molecule has 0 aliphatic heterocycles. The average Bonchev–Trinajstić information content (AvgIpc) is 3.01. The summed E-state index contributed by atoms with van der Waals surface area (Å²) in [4.78, 5) is 12.6. The first-order valence-corrected chi connectivity index (χ1v) is 8.27. The molecule has 0 atom stereocenters. The SMILES string of the molecule is CCOc1ccc2nc(Sc3nc(Cl)c(CO)s3)[nH]c2c1. The number of hydrogen-bond donors (Lipinski definition) is 2. The van der Waals surface area contributed by atoms with Gasteiger partial charge in [0.1, 0.15) is 10.9 Å². The zero-order valence-electron chi connectivity index (χ0n) is 11.1. The minimum Gasteiger partial charge on any atom is -0.494 e. The van der Waals surface area contributed by atoms with Crippen molar-refractivity contribution in [1.29, 1.82) is 0 Å². The molecule has 3 rings (SSSR count). The molecule has 5 nitrogen and oxygen atoms in total. The van der Waals surface area contributed by atoms with E-state index in [9.17, 15) is 0 Å². The van der Waals surface area contributed by atoms with Crippen LogP contribution >= 0.6 is 34.7 Å². The molecule has 3 aromatic rings. The summed E-state index contributed by atoms with van der Waals surface area (Å²) >= 11 is 8.67. The number of imidazole rings is 1. The number of aromatic nitrogens is 3. The molecule has 110 valence electrons. The Morgan fingerprint density at radius 1 is 1.43 bits per heavy atom. The van der Waals surface area contributed by atoms with Gasteiger partial charge in [0.2, 0.25) is 0 Å². The van der Waals surface area contributed by atoms with Crippen molar-refractivity contribution in [2.24, 2.45) is 0 Å². The predicted octanol–water partition coefficient (Wildman–Crippen LogP) is 3.72. The molecular formula is C13H12ClN3O2S2. The number of aromatic amines is 1. The van der Waals surface area contributed by atoms with Crippen molar-refractivity contribution in [2.75, 3.05) is 6.61 Å². The zero-order chi connectivity index (χ0) is 14.8. The maximum Gasteiger partial charge on any atom is 0.173 e. The maximum absolute atomic E-state index is 9.13. The van der Waals surface area contributed by atoms with Crippen molar-refractivity contribution in [2.45, 2.75) is 23.0 Å². The van der Waals surface area contributed by atoms with E-state index in [0.29, 0.717) is 16.6 Å². The standard InChI is InChI=1S/C13H12ClN3O2S2/c1-2-19-7-3-4-8-9(5-7)16-12(15-8)21-13-17-11(14)10(6-18)20-13/h3-5,18H,2,6H2,1H3,(H,15,16). The molecule has 21 heavy (non-hydrogen) atoms. The highest BCUT2D eigenvalue weighted by atomic mass is 35.5. The van der Waals surface area contributed by atoms with Crippen LogP contribution in [0, 0.1) is 0 Å². The fraction of sp³-hybridized carbons (Fsp3) is 0.231. The van der Waals surface area contributed by atoms with Gasteiger partial charge in [0.05, 0.1) is 29.1 Å². The first-order chi connectivity index (χ1) is 10.2. The highest BCUT2D eigenvalue weighted by molar-refractivity contribution is 8.00. The van der Waals surface area contributed by atoms with Crippen LogP contribution in [0.15, 0.2) is 27.7 Å². The number of nitrogens with zero attached hydrogens (tertiary/aromatic N) is 2. The van der Waals surface area contributed by atoms with Gasteiger partial charge in [-0.25, -0.2) is 9.97 Å². The Morgan fingerprint density at radius 2 is 2.29 bits per heavy atom. The second kappa shape index (κ2) is 6.23. The Morgan fingerprint density at radius 3 is 3.00 bits per heavy atom. The Labute approximate surface area is 134 Å². The molecule has 0 spiro atoms. The topological polar surface area (TPSA) is 71.0 Å². The molecule has 2 aromatic heterocycles. The number of halogens is 1. The van der Waals surface area contributed by atoms with Gasteiger partial charge in [0, 0.05) is 6.07 Å². The third kappa shape index (κ3) is 3.16. The molecule has 0 aliphatic rings. The molecule has 0 bridgehead atoms. The van der Waals surface area contributed by atoms with Gasteiger partial charge in [0.15, 0.2) is 9.50 Å². The second-order valence-electron chi connectivity index (χ2n) is 4.11. The summed E-state index contributed by atoms with van der Waals surface area (Å²) in [6, 6.07) is 5.73. The number of thiazole rings is 1. The lowest BCUT2D eigenvalue weighted by atomic mass is 10.3. The highest BCUT2D eigenvalue weighted by Gasteiger charge is 2.12. The number of ether oxygens (including phenoxy) is 1. The Hall–Kier alpha value is -1.28. The smallest absolute Gasteiger partial charge is 0.173 e. The number of fused-ring (bicyclic) bond motifs is 1. The molecule has 0 radical (unpaired) electrons. The molecular weight excluding hydrogens is 330 g/mol. The zero-order valence-corrected chi connectivity index (χ0v) is 13.5. The van der Waals surface area contributed by atoms with E-state index >= 15 is 0 Å². The Kier molecular flexibility index (Phi) is 4.34. The maximum atomic E-state index is 9.13. The van der Waals surface area contributed by atoms with Gasteiger partial charge in [-0.05, 0) is 30.8 Å². The first kappa shape index (κ1) is 14.6. The molecule has 0 fully saturated rings. The predicted molar refractivity (Wildman–Crippen MR) is 84.4 cm³/mol. The average molecular weight is 342 g/mol. The summed E-state index contributed by atoms with van der Waals surface area (Å²) in [6.45, 7) is 2.47. The monoisotopic (exact) mass is 341 g/mol. The van der Waals surface area contributed by atoms with E-state index in [1.807, 2.05) is 25.1 Å².